The molecule has 0 aliphatic rings. The molecule has 0 unspecified atom stereocenters. The van der Waals surface area contributed by atoms with Crippen LogP contribution < -0.4 is 0 Å². The first kappa shape index (κ1) is 13.1. The van der Waals surface area contributed by atoms with E-state index in [0.29, 0.717) is 5.88 Å². The Labute approximate surface area is 107 Å². The molecule has 1 heterocycles. The average Bonchev–Trinajstić information content (AvgIpc) is 2.58. The first-order valence-electron chi connectivity index (χ1n) is 4.89. The van der Waals surface area contributed by atoms with Crippen LogP contribution in [0.4, 0.5) is 0 Å². The Bertz CT molecular complexity index is 460. The smallest absolute Gasteiger partial charge is 0.0648 e. The molecule has 0 radical (unpaired) electrons. The van der Waals surface area contributed by atoms with Gasteiger partial charge in [0.1, 0.15) is 0 Å². The number of alkyl halides is 1. The molecule has 0 saturated carbocycles. The summed E-state index contributed by atoms with van der Waals surface area (Å²) >= 11 is 5.74. The number of aryl methyl sites for hydroxylation is 2. The standard InChI is InChI=1S/C12H13ClN2.ClH/c1-9-7-10(2)15(14-9)12-5-3-11(8-13)4-6-12;/h3-7H,8H2,1-2H3;1H. The molecule has 0 amide bonds. The third kappa shape index (κ3) is 2.57. The number of rotatable bonds is 2. The Balaban J connectivity index is 0.00000128. The van der Waals surface area contributed by atoms with Gasteiger partial charge in [0.25, 0.3) is 0 Å². The zero-order chi connectivity index (χ0) is 10.8. The molecule has 4 heteroatoms. The van der Waals surface area contributed by atoms with E-state index in [0.717, 1.165) is 22.6 Å². The molecule has 0 fully saturated rings. The lowest BCUT2D eigenvalue weighted by molar-refractivity contribution is 0.833. The molecule has 0 saturated heterocycles. The van der Waals surface area contributed by atoms with Crippen molar-refractivity contribution < 1.29 is 0 Å². The lowest BCUT2D eigenvalue weighted by atomic mass is 10.2. The van der Waals surface area contributed by atoms with E-state index >= 15 is 0 Å². The molecule has 0 bridgehead atoms. The highest BCUT2D eigenvalue weighted by Gasteiger charge is 2.02. The van der Waals surface area contributed by atoms with Crippen LogP contribution >= 0.6 is 24.0 Å². The summed E-state index contributed by atoms with van der Waals surface area (Å²) in [5.74, 6) is 0.553. The number of halogens is 2. The maximum atomic E-state index is 5.74. The van der Waals surface area contributed by atoms with Crippen LogP contribution in [0.3, 0.4) is 0 Å². The Kier molecular flexibility index (Phi) is 4.39. The molecule has 0 aliphatic carbocycles. The van der Waals surface area contributed by atoms with Gasteiger partial charge in [-0.1, -0.05) is 12.1 Å². The summed E-state index contributed by atoms with van der Waals surface area (Å²) in [6, 6.07) is 10.2. The lowest BCUT2D eigenvalue weighted by Gasteiger charge is -2.04. The van der Waals surface area contributed by atoms with Crippen molar-refractivity contribution in [3.63, 3.8) is 0 Å². The SMILES string of the molecule is Cc1cc(C)n(-c2ccc(CCl)cc2)n1.Cl. The third-order valence-electron chi connectivity index (χ3n) is 2.34. The fraction of sp³-hybridized carbons (Fsp3) is 0.250. The van der Waals surface area contributed by atoms with E-state index < -0.39 is 0 Å². The lowest BCUT2D eigenvalue weighted by Crippen LogP contribution is -1.98. The van der Waals surface area contributed by atoms with Crippen LogP contribution in [-0.2, 0) is 5.88 Å². The van der Waals surface area contributed by atoms with Crippen LogP contribution in [0.15, 0.2) is 30.3 Å². The van der Waals surface area contributed by atoms with Gasteiger partial charge in [0.05, 0.1) is 11.4 Å². The minimum atomic E-state index is 0. The third-order valence-corrected chi connectivity index (χ3v) is 2.65. The van der Waals surface area contributed by atoms with E-state index in [-0.39, 0.29) is 12.4 Å². The summed E-state index contributed by atoms with van der Waals surface area (Å²) in [7, 11) is 0. The van der Waals surface area contributed by atoms with Crippen molar-refractivity contribution in [2.24, 2.45) is 0 Å². The fourth-order valence-corrected chi connectivity index (χ4v) is 1.79. The average molecular weight is 257 g/mol. The van der Waals surface area contributed by atoms with Crippen molar-refractivity contribution in [2.75, 3.05) is 0 Å². The number of aromatic nitrogens is 2. The van der Waals surface area contributed by atoms with Crippen LogP contribution in [0.5, 0.6) is 0 Å². The van der Waals surface area contributed by atoms with Crippen LogP contribution in [0, 0.1) is 13.8 Å². The van der Waals surface area contributed by atoms with Gasteiger partial charge in [-0.2, -0.15) is 5.10 Å². The normalized spacial score (nSPS) is 9.94. The van der Waals surface area contributed by atoms with Gasteiger partial charge < -0.3 is 0 Å². The van der Waals surface area contributed by atoms with Gasteiger partial charge in [-0.25, -0.2) is 4.68 Å². The Morgan fingerprint density at radius 2 is 1.81 bits per heavy atom. The van der Waals surface area contributed by atoms with Crippen molar-refractivity contribution >= 4 is 24.0 Å². The second kappa shape index (κ2) is 5.37. The highest BCUT2D eigenvalue weighted by atomic mass is 35.5. The minimum absolute atomic E-state index is 0. The molecule has 0 spiro atoms. The summed E-state index contributed by atoms with van der Waals surface area (Å²) in [5, 5.41) is 4.42. The zero-order valence-corrected chi connectivity index (χ0v) is 10.8. The van der Waals surface area contributed by atoms with Crippen molar-refractivity contribution in [1.29, 1.82) is 0 Å². The summed E-state index contributed by atoms with van der Waals surface area (Å²) in [5.41, 5.74) is 4.39. The molecular weight excluding hydrogens is 243 g/mol. The molecule has 1 aromatic carbocycles. The first-order valence-corrected chi connectivity index (χ1v) is 5.42. The summed E-state index contributed by atoms with van der Waals surface area (Å²) in [6.07, 6.45) is 0. The van der Waals surface area contributed by atoms with Gasteiger partial charge in [-0.15, -0.1) is 24.0 Å². The van der Waals surface area contributed by atoms with Crippen LogP contribution in [-0.4, -0.2) is 9.78 Å². The molecule has 2 aromatic rings. The Morgan fingerprint density at radius 3 is 2.25 bits per heavy atom. The largest absolute Gasteiger partial charge is 0.238 e. The van der Waals surface area contributed by atoms with Gasteiger partial charge in [-0.3, -0.25) is 0 Å². The summed E-state index contributed by atoms with van der Waals surface area (Å²) in [6.45, 7) is 4.05. The van der Waals surface area contributed by atoms with E-state index in [1.165, 1.54) is 0 Å². The van der Waals surface area contributed by atoms with Crippen LogP contribution in [0.2, 0.25) is 0 Å². The maximum absolute atomic E-state index is 5.74. The first-order chi connectivity index (χ1) is 7.20. The van der Waals surface area contributed by atoms with E-state index in [1.807, 2.05) is 35.9 Å². The predicted octanol–water partition coefficient (Wildman–Crippen LogP) is 3.65. The zero-order valence-electron chi connectivity index (χ0n) is 9.27. The highest BCUT2D eigenvalue weighted by Crippen LogP contribution is 2.13. The monoisotopic (exact) mass is 256 g/mol. The molecule has 2 rings (SSSR count). The predicted molar refractivity (Wildman–Crippen MR) is 69.8 cm³/mol. The van der Waals surface area contributed by atoms with Gasteiger partial charge in [0.2, 0.25) is 0 Å². The molecule has 0 N–H and O–H groups in total. The molecule has 2 nitrogen and oxygen atoms in total. The second-order valence-corrected chi connectivity index (χ2v) is 3.91. The van der Waals surface area contributed by atoms with Crippen molar-refractivity contribution in [3.05, 3.63) is 47.3 Å². The van der Waals surface area contributed by atoms with E-state index in [1.54, 1.807) is 0 Å². The number of hydrogen-bond acceptors (Lipinski definition) is 1. The number of hydrogen-bond donors (Lipinski definition) is 0. The van der Waals surface area contributed by atoms with Crippen molar-refractivity contribution in [2.45, 2.75) is 19.7 Å². The highest BCUT2D eigenvalue weighted by molar-refractivity contribution is 6.17. The van der Waals surface area contributed by atoms with Gasteiger partial charge in [-0.05, 0) is 37.6 Å². The quantitative estimate of drug-likeness (QED) is 0.751. The fourth-order valence-electron chi connectivity index (χ4n) is 1.62. The summed E-state index contributed by atoms with van der Waals surface area (Å²) in [4.78, 5) is 0. The van der Waals surface area contributed by atoms with Gasteiger partial charge in [0, 0.05) is 11.6 Å². The minimum Gasteiger partial charge on any atom is -0.238 e. The number of nitrogens with zero attached hydrogens (tertiary/aromatic N) is 2. The summed E-state index contributed by atoms with van der Waals surface area (Å²) < 4.78 is 1.94. The van der Waals surface area contributed by atoms with E-state index in [4.69, 9.17) is 11.6 Å². The Morgan fingerprint density at radius 1 is 1.19 bits per heavy atom. The van der Waals surface area contributed by atoms with Crippen LogP contribution in [0.1, 0.15) is 17.0 Å². The topological polar surface area (TPSA) is 17.8 Å². The van der Waals surface area contributed by atoms with Crippen molar-refractivity contribution in [1.82, 2.24) is 9.78 Å². The maximum Gasteiger partial charge on any atom is 0.0648 e. The van der Waals surface area contributed by atoms with E-state index in [9.17, 15) is 0 Å². The molecule has 86 valence electrons. The second-order valence-electron chi connectivity index (χ2n) is 3.64. The van der Waals surface area contributed by atoms with E-state index in [2.05, 4.69) is 18.1 Å². The molecule has 0 atom stereocenters. The molecule has 0 aliphatic heterocycles. The van der Waals surface area contributed by atoms with Crippen LogP contribution in [0.25, 0.3) is 5.69 Å². The molecule has 1 aromatic heterocycles. The van der Waals surface area contributed by atoms with Crippen molar-refractivity contribution in [3.8, 4) is 5.69 Å². The number of benzene rings is 1. The molecule has 16 heavy (non-hydrogen) atoms. The molecular formula is C12H14Cl2N2. The Hall–Kier alpha value is -0.990. The van der Waals surface area contributed by atoms with Gasteiger partial charge in [0.15, 0.2) is 0 Å². The van der Waals surface area contributed by atoms with Gasteiger partial charge >= 0.3 is 0 Å².